The number of aromatic nitrogens is 5. The van der Waals surface area contributed by atoms with E-state index in [4.69, 9.17) is 4.74 Å². The average Bonchev–Trinajstić information content (AvgIpc) is 3.36. The Hall–Kier alpha value is -2.78. The number of hydrogen-bond acceptors (Lipinski definition) is 6. The van der Waals surface area contributed by atoms with E-state index in [0.29, 0.717) is 31.0 Å². The van der Waals surface area contributed by atoms with Gasteiger partial charge in [0, 0.05) is 62.4 Å². The van der Waals surface area contributed by atoms with Crippen LogP contribution in [0.5, 0.6) is 0 Å². The topological polar surface area (TPSA) is 91.7 Å². The van der Waals surface area contributed by atoms with Gasteiger partial charge in [-0.05, 0) is 25.0 Å². The van der Waals surface area contributed by atoms with Gasteiger partial charge in [0.1, 0.15) is 5.56 Å². The highest BCUT2D eigenvalue weighted by Gasteiger charge is 2.40. The zero-order valence-corrected chi connectivity index (χ0v) is 16.3. The Bertz CT molecular complexity index is 986. The summed E-state index contributed by atoms with van der Waals surface area (Å²) >= 11 is 0. The molecule has 5 rings (SSSR count). The van der Waals surface area contributed by atoms with E-state index in [1.807, 2.05) is 17.2 Å². The smallest absolute Gasteiger partial charge is 0.259 e. The second-order valence-electron chi connectivity index (χ2n) is 8.12. The number of nitrogens with one attached hydrogen (secondary N) is 1. The Morgan fingerprint density at radius 2 is 2.24 bits per heavy atom. The lowest BCUT2D eigenvalue weighted by Crippen LogP contribution is -2.52. The van der Waals surface area contributed by atoms with Crippen molar-refractivity contribution in [1.29, 1.82) is 0 Å². The Labute approximate surface area is 168 Å². The van der Waals surface area contributed by atoms with Crippen molar-refractivity contribution < 1.29 is 9.53 Å². The van der Waals surface area contributed by atoms with Crippen LogP contribution in [0, 0.1) is 5.41 Å². The number of carbonyl (C=O) groups excluding carboxylic acids is 1. The molecular weight excluding hydrogens is 370 g/mol. The van der Waals surface area contributed by atoms with Crippen molar-refractivity contribution in [2.75, 3.05) is 39.4 Å². The number of rotatable bonds is 3. The monoisotopic (exact) mass is 395 g/mol. The van der Waals surface area contributed by atoms with Gasteiger partial charge in [0.15, 0.2) is 5.65 Å². The van der Waals surface area contributed by atoms with Crippen LogP contribution in [0.2, 0.25) is 0 Å². The summed E-state index contributed by atoms with van der Waals surface area (Å²) in [5.74, 6) is 0.00198. The molecule has 1 atom stereocenters. The van der Waals surface area contributed by atoms with Gasteiger partial charge in [0.05, 0.1) is 19.4 Å². The lowest BCUT2D eigenvalue weighted by molar-refractivity contribution is 0.00697. The van der Waals surface area contributed by atoms with Crippen LogP contribution in [-0.4, -0.2) is 79.9 Å². The lowest BCUT2D eigenvalue weighted by Gasteiger charge is -2.43. The number of hydrogen-bond donors (Lipinski definition) is 1. The van der Waals surface area contributed by atoms with Crippen LogP contribution >= 0.6 is 0 Å². The van der Waals surface area contributed by atoms with Gasteiger partial charge in [-0.2, -0.15) is 10.2 Å². The fraction of sp³-hybridized carbons (Fsp3) is 0.500. The van der Waals surface area contributed by atoms with E-state index in [0.717, 1.165) is 44.7 Å². The maximum Gasteiger partial charge on any atom is 0.259 e. The van der Waals surface area contributed by atoms with Gasteiger partial charge in [0.2, 0.25) is 0 Å². The second kappa shape index (κ2) is 7.57. The average molecular weight is 395 g/mol. The van der Waals surface area contributed by atoms with Gasteiger partial charge in [-0.1, -0.05) is 0 Å². The molecule has 9 heteroatoms. The molecule has 0 bridgehead atoms. The summed E-state index contributed by atoms with van der Waals surface area (Å²) in [4.78, 5) is 22.0. The predicted molar refractivity (Wildman–Crippen MR) is 105 cm³/mol. The predicted octanol–water partition coefficient (Wildman–Crippen LogP) is 1.21. The van der Waals surface area contributed by atoms with Crippen molar-refractivity contribution in [3.63, 3.8) is 0 Å². The molecule has 2 aliphatic rings. The molecule has 3 aromatic rings. The summed E-state index contributed by atoms with van der Waals surface area (Å²) < 4.78 is 7.64. The van der Waals surface area contributed by atoms with Crippen LogP contribution in [0.3, 0.4) is 0 Å². The number of amides is 1. The molecule has 1 unspecified atom stereocenters. The summed E-state index contributed by atoms with van der Waals surface area (Å²) in [6, 6.07) is 3.81. The third-order valence-corrected chi connectivity index (χ3v) is 5.93. The first-order valence-corrected chi connectivity index (χ1v) is 10.1. The third-order valence-electron chi connectivity index (χ3n) is 5.93. The van der Waals surface area contributed by atoms with E-state index >= 15 is 0 Å². The molecule has 9 nitrogen and oxygen atoms in total. The van der Waals surface area contributed by atoms with Gasteiger partial charge < -0.3 is 9.64 Å². The van der Waals surface area contributed by atoms with Crippen molar-refractivity contribution in [3.05, 3.63) is 48.2 Å². The molecule has 1 spiro atoms. The van der Waals surface area contributed by atoms with Gasteiger partial charge in [0.25, 0.3) is 5.91 Å². The number of aromatic amines is 1. The van der Waals surface area contributed by atoms with Crippen molar-refractivity contribution in [3.8, 4) is 0 Å². The zero-order valence-electron chi connectivity index (χ0n) is 16.3. The molecule has 0 aliphatic carbocycles. The molecule has 2 saturated heterocycles. The molecule has 1 amide bonds. The highest BCUT2D eigenvalue weighted by Crippen LogP contribution is 2.34. The summed E-state index contributed by atoms with van der Waals surface area (Å²) in [6.07, 6.45) is 8.94. The Morgan fingerprint density at radius 1 is 1.28 bits per heavy atom. The molecule has 1 N–H and O–H groups in total. The minimum absolute atomic E-state index is 0.00198. The largest absolute Gasteiger partial charge is 0.379 e. The Morgan fingerprint density at radius 3 is 3.14 bits per heavy atom. The summed E-state index contributed by atoms with van der Waals surface area (Å²) in [6.45, 7) is 5.44. The van der Waals surface area contributed by atoms with Crippen LogP contribution in [0.4, 0.5) is 0 Å². The second-order valence-corrected chi connectivity index (χ2v) is 8.12. The number of likely N-dealkylation sites (tertiary alicyclic amines) is 1. The van der Waals surface area contributed by atoms with Gasteiger partial charge in [-0.3, -0.25) is 14.8 Å². The number of carbonyl (C=O) groups is 1. The first kappa shape index (κ1) is 18.3. The molecule has 0 radical (unpaired) electrons. The SMILES string of the molecule is O=C(c1cnn2cccnc12)N1CCCC2(COCCN(Cc3ccn[nH]3)C2)C1. The van der Waals surface area contributed by atoms with E-state index < -0.39 is 0 Å². The third kappa shape index (κ3) is 3.63. The molecule has 3 aromatic heterocycles. The first-order chi connectivity index (χ1) is 14.2. The molecule has 152 valence electrons. The van der Waals surface area contributed by atoms with E-state index in [1.54, 1.807) is 29.2 Å². The maximum absolute atomic E-state index is 13.3. The number of ether oxygens (including phenoxy) is 1. The van der Waals surface area contributed by atoms with Crippen LogP contribution in [0.15, 0.2) is 36.9 Å². The molecule has 0 saturated carbocycles. The number of fused-ring (bicyclic) bond motifs is 1. The number of H-pyrrole nitrogens is 1. The van der Waals surface area contributed by atoms with Crippen molar-refractivity contribution in [2.45, 2.75) is 19.4 Å². The minimum atomic E-state index is -0.0547. The zero-order chi connectivity index (χ0) is 19.7. The van der Waals surface area contributed by atoms with Crippen molar-refractivity contribution in [1.82, 2.24) is 34.6 Å². The highest BCUT2D eigenvalue weighted by molar-refractivity contribution is 5.99. The minimum Gasteiger partial charge on any atom is -0.379 e. The molecular formula is C20H25N7O2. The lowest BCUT2D eigenvalue weighted by atomic mass is 9.80. The fourth-order valence-electron chi connectivity index (χ4n) is 4.61. The molecule has 2 fully saturated rings. The summed E-state index contributed by atoms with van der Waals surface area (Å²) in [7, 11) is 0. The van der Waals surface area contributed by atoms with Crippen molar-refractivity contribution in [2.24, 2.45) is 5.41 Å². The Kier molecular flexibility index (Phi) is 4.76. The van der Waals surface area contributed by atoms with Crippen LogP contribution in [0.1, 0.15) is 28.9 Å². The summed E-state index contributed by atoms with van der Waals surface area (Å²) in [5.41, 5.74) is 2.21. The van der Waals surface area contributed by atoms with Gasteiger partial charge in [-0.15, -0.1) is 0 Å². The number of piperidine rings is 1. The summed E-state index contributed by atoms with van der Waals surface area (Å²) in [5, 5.41) is 11.4. The number of nitrogens with zero attached hydrogens (tertiary/aromatic N) is 6. The van der Waals surface area contributed by atoms with Crippen LogP contribution in [0.25, 0.3) is 5.65 Å². The van der Waals surface area contributed by atoms with Crippen LogP contribution in [-0.2, 0) is 11.3 Å². The molecule has 2 aliphatic heterocycles. The van der Waals surface area contributed by atoms with E-state index in [2.05, 4.69) is 25.2 Å². The van der Waals surface area contributed by atoms with E-state index in [1.165, 1.54) is 0 Å². The first-order valence-electron chi connectivity index (χ1n) is 10.1. The molecule has 29 heavy (non-hydrogen) atoms. The van der Waals surface area contributed by atoms with E-state index in [9.17, 15) is 4.79 Å². The normalized spacial score (nSPS) is 23.5. The molecule has 5 heterocycles. The van der Waals surface area contributed by atoms with E-state index in [-0.39, 0.29) is 11.3 Å². The standard InChI is InChI=1S/C20H25N7O2/c28-19(17-11-23-27-8-2-5-21-18(17)27)26-7-1-4-20(14-26)13-25(9-10-29-15-20)12-16-3-6-22-24-16/h2-3,5-6,8,11H,1,4,7,9-10,12-15H2,(H,22,24). The van der Waals surface area contributed by atoms with Gasteiger partial charge >= 0.3 is 0 Å². The van der Waals surface area contributed by atoms with Gasteiger partial charge in [-0.25, -0.2) is 9.50 Å². The molecule has 0 aromatic carbocycles. The quantitative estimate of drug-likeness (QED) is 0.717. The van der Waals surface area contributed by atoms with Crippen molar-refractivity contribution >= 4 is 11.6 Å². The highest BCUT2D eigenvalue weighted by atomic mass is 16.5. The Balaban J connectivity index is 1.35. The van der Waals surface area contributed by atoms with Crippen LogP contribution < -0.4 is 0 Å². The maximum atomic E-state index is 13.3. The fourth-order valence-corrected chi connectivity index (χ4v) is 4.61.